The van der Waals surface area contributed by atoms with Gasteiger partial charge in [-0.25, -0.2) is 0 Å². The van der Waals surface area contributed by atoms with Crippen molar-refractivity contribution in [2.75, 3.05) is 13.7 Å². The highest BCUT2D eigenvalue weighted by atomic mass is 16.6. The van der Waals surface area contributed by atoms with Gasteiger partial charge in [0.15, 0.2) is 0 Å². The molecule has 1 aliphatic rings. The predicted octanol–water partition coefficient (Wildman–Crippen LogP) is 6.97. The maximum absolute atomic E-state index is 12.7. The lowest BCUT2D eigenvalue weighted by Crippen LogP contribution is -2.61. The minimum Gasteiger partial charge on any atom is -0.469 e. The van der Waals surface area contributed by atoms with Crippen molar-refractivity contribution in [1.29, 1.82) is 0 Å². The van der Waals surface area contributed by atoms with Gasteiger partial charge in [0.05, 0.1) is 46.2 Å². The van der Waals surface area contributed by atoms with Gasteiger partial charge in [-0.05, 0) is 34.2 Å². The Morgan fingerprint density at radius 1 is 0.667 bits per heavy atom. The summed E-state index contributed by atoms with van der Waals surface area (Å²) in [6, 6.07) is 38.2. The molecule has 250 valence electrons. The molecule has 0 bridgehead atoms. The number of carbonyl (C=O) groups is 1. The Morgan fingerprint density at radius 2 is 1.08 bits per heavy atom. The molecule has 1 fully saturated rings. The van der Waals surface area contributed by atoms with E-state index in [0.717, 1.165) is 22.3 Å². The van der Waals surface area contributed by atoms with Crippen LogP contribution in [0.2, 0.25) is 0 Å². The van der Waals surface area contributed by atoms with Gasteiger partial charge in [0.25, 0.3) is 0 Å². The molecule has 0 N–H and O–H groups in total. The summed E-state index contributed by atoms with van der Waals surface area (Å²) in [6.07, 6.45) is -3.37. The Balaban J connectivity index is 1.49. The predicted molar refractivity (Wildman–Crippen MR) is 179 cm³/mol. The van der Waals surface area contributed by atoms with Crippen molar-refractivity contribution in [3.63, 3.8) is 0 Å². The first-order valence-corrected chi connectivity index (χ1v) is 16.0. The molecule has 0 aliphatic carbocycles. The summed E-state index contributed by atoms with van der Waals surface area (Å²) in [5.41, 5.74) is 13.2. The number of azide groups is 1. The lowest BCUT2D eigenvalue weighted by Gasteiger charge is -2.46. The average molecular weight is 652 g/mol. The molecule has 0 spiro atoms. The highest BCUT2D eigenvalue weighted by molar-refractivity contribution is 5.75. The number of nitrogens with zero attached hydrogens (tertiary/aromatic N) is 3. The van der Waals surface area contributed by atoms with Crippen molar-refractivity contribution in [3.8, 4) is 0 Å². The number of carbonyl (C=O) groups excluding carboxylic acids is 1. The molecule has 1 heterocycles. The second-order valence-corrected chi connectivity index (χ2v) is 11.5. The largest absolute Gasteiger partial charge is 0.469 e. The fourth-order valence-electron chi connectivity index (χ4n) is 5.68. The number of benzene rings is 4. The van der Waals surface area contributed by atoms with E-state index < -0.39 is 42.5 Å². The second-order valence-electron chi connectivity index (χ2n) is 11.5. The number of esters is 1. The van der Waals surface area contributed by atoms with Gasteiger partial charge in [-0.2, -0.15) is 0 Å². The van der Waals surface area contributed by atoms with Crippen LogP contribution in [0.15, 0.2) is 126 Å². The average Bonchev–Trinajstić information content (AvgIpc) is 3.14. The molecule has 48 heavy (non-hydrogen) atoms. The third kappa shape index (κ3) is 10.2. The van der Waals surface area contributed by atoms with Gasteiger partial charge < -0.3 is 28.4 Å². The van der Waals surface area contributed by atoms with Crippen molar-refractivity contribution >= 4 is 5.97 Å². The van der Waals surface area contributed by atoms with Crippen molar-refractivity contribution in [2.24, 2.45) is 5.11 Å². The summed E-state index contributed by atoms with van der Waals surface area (Å²) >= 11 is 0. The highest BCUT2D eigenvalue weighted by Crippen LogP contribution is 2.33. The van der Waals surface area contributed by atoms with E-state index in [1.54, 1.807) is 0 Å². The van der Waals surface area contributed by atoms with Crippen molar-refractivity contribution in [3.05, 3.63) is 154 Å². The Morgan fingerprint density at radius 3 is 1.52 bits per heavy atom. The van der Waals surface area contributed by atoms with E-state index in [1.807, 2.05) is 121 Å². The normalized spacial score (nSPS) is 21.1. The van der Waals surface area contributed by atoms with Crippen LogP contribution in [0.25, 0.3) is 10.4 Å². The summed E-state index contributed by atoms with van der Waals surface area (Å²) in [5.74, 6) is -0.667. The van der Waals surface area contributed by atoms with Gasteiger partial charge in [0, 0.05) is 4.91 Å². The van der Waals surface area contributed by atoms with Crippen molar-refractivity contribution < 1.29 is 33.2 Å². The van der Waals surface area contributed by atoms with Crippen LogP contribution in [-0.2, 0) is 59.6 Å². The monoisotopic (exact) mass is 651 g/mol. The van der Waals surface area contributed by atoms with Crippen LogP contribution in [0.1, 0.15) is 28.7 Å². The Bertz CT molecular complexity index is 1560. The number of ether oxygens (including phenoxy) is 6. The fraction of sp³-hybridized carbons (Fsp3) is 0.342. The molecule has 1 saturated heterocycles. The molecule has 10 heteroatoms. The van der Waals surface area contributed by atoms with E-state index >= 15 is 0 Å². The van der Waals surface area contributed by atoms with Gasteiger partial charge in [-0.1, -0.05) is 126 Å². The molecule has 0 saturated carbocycles. The summed E-state index contributed by atoms with van der Waals surface area (Å²) in [4.78, 5) is 15.6. The lowest BCUT2D eigenvalue weighted by atomic mass is 9.90. The molecule has 0 radical (unpaired) electrons. The Kier molecular flexibility index (Phi) is 13.6. The summed E-state index contributed by atoms with van der Waals surface area (Å²) in [7, 11) is 1.26. The van der Waals surface area contributed by atoms with Crippen molar-refractivity contribution in [2.45, 2.75) is 69.4 Å². The third-order valence-corrected chi connectivity index (χ3v) is 8.10. The fourth-order valence-corrected chi connectivity index (χ4v) is 5.68. The van der Waals surface area contributed by atoms with Gasteiger partial charge in [0.2, 0.25) is 0 Å². The molecule has 10 nitrogen and oxygen atoms in total. The zero-order valence-electron chi connectivity index (χ0n) is 27.0. The quantitative estimate of drug-likeness (QED) is 0.0523. The molecule has 0 amide bonds. The minimum atomic E-state index is -1.14. The molecular formula is C38H41N3O7. The summed E-state index contributed by atoms with van der Waals surface area (Å²) in [6.45, 7) is 1.37. The Hall–Kier alpha value is -4.54. The molecule has 1 aliphatic heterocycles. The first-order valence-electron chi connectivity index (χ1n) is 16.0. The topological polar surface area (TPSA) is 121 Å². The van der Waals surface area contributed by atoms with E-state index in [-0.39, 0.29) is 26.2 Å². The summed E-state index contributed by atoms with van der Waals surface area (Å²) < 4.78 is 37.9. The molecule has 4 aromatic carbocycles. The summed E-state index contributed by atoms with van der Waals surface area (Å²) in [5, 5.41) is 3.75. The number of methoxy groups -OCH3 is 1. The maximum Gasteiger partial charge on any atom is 0.314 e. The molecule has 5 rings (SSSR count). The zero-order chi connectivity index (χ0) is 33.4. The smallest absolute Gasteiger partial charge is 0.314 e. The van der Waals surface area contributed by atoms with Crippen molar-refractivity contribution in [1.82, 2.24) is 0 Å². The second kappa shape index (κ2) is 18.7. The third-order valence-electron chi connectivity index (χ3n) is 8.10. The van der Waals surface area contributed by atoms with Crippen LogP contribution in [0.3, 0.4) is 0 Å². The first kappa shape index (κ1) is 34.8. The zero-order valence-corrected chi connectivity index (χ0v) is 27.0. The van der Waals surface area contributed by atoms with Crippen LogP contribution in [-0.4, -0.2) is 56.2 Å². The minimum absolute atomic E-state index is 0.00196. The van der Waals surface area contributed by atoms with Gasteiger partial charge >= 0.3 is 5.97 Å². The Labute approximate surface area is 281 Å². The van der Waals surface area contributed by atoms with E-state index in [1.165, 1.54) is 7.11 Å². The molecular weight excluding hydrogens is 610 g/mol. The van der Waals surface area contributed by atoms with E-state index in [9.17, 15) is 10.3 Å². The van der Waals surface area contributed by atoms with Crippen LogP contribution in [0.4, 0.5) is 0 Å². The van der Waals surface area contributed by atoms with E-state index in [4.69, 9.17) is 28.4 Å². The molecule has 0 unspecified atom stereocenters. The number of hydrogen-bond acceptors (Lipinski definition) is 8. The molecule has 0 aromatic heterocycles. The van der Waals surface area contributed by atoms with Crippen LogP contribution < -0.4 is 0 Å². The van der Waals surface area contributed by atoms with E-state index in [2.05, 4.69) is 10.0 Å². The van der Waals surface area contributed by atoms with Gasteiger partial charge in [-0.3, -0.25) is 4.79 Å². The number of rotatable bonds is 17. The van der Waals surface area contributed by atoms with Gasteiger partial charge in [-0.15, -0.1) is 0 Å². The standard InChI is InChI=1S/C38H41N3O7/c1-43-38(42)32(40-41-39)22-33-35(45-24-29-16-8-3-9-17-29)37(47-26-31-20-12-5-13-21-31)36(46-25-30-18-10-4-11-19-30)34(48-33)27-44-23-28-14-6-2-7-15-28/h2-21,32-37H,22-27H2,1H3/t32-,33+,34-,35+,36+,37-/m1/s1. The van der Waals surface area contributed by atoms with Crippen LogP contribution in [0, 0.1) is 0 Å². The molecule has 4 aromatic rings. The molecule has 6 atom stereocenters. The van der Waals surface area contributed by atoms with Gasteiger partial charge in [0.1, 0.15) is 30.5 Å². The maximum atomic E-state index is 12.7. The number of hydrogen-bond donors (Lipinski definition) is 0. The SMILES string of the molecule is COC(=O)[C@@H](C[C@@H]1O[C@H](COCc2ccccc2)[C@H](OCc2ccccc2)[C@H](OCc2ccccc2)[C@H]1OCc1ccccc1)N=[N+]=[N-]. The van der Waals surface area contributed by atoms with E-state index in [0.29, 0.717) is 13.2 Å². The lowest BCUT2D eigenvalue weighted by molar-refractivity contribution is -0.274. The highest BCUT2D eigenvalue weighted by Gasteiger charge is 2.49. The first-order chi connectivity index (χ1) is 23.6. The van der Waals surface area contributed by atoms with Crippen LogP contribution >= 0.6 is 0 Å². The van der Waals surface area contributed by atoms with Crippen LogP contribution in [0.5, 0.6) is 0 Å².